The third-order valence-electron chi connectivity index (χ3n) is 14.0. The van der Waals surface area contributed by atoms with E-state index in [-0.39, 0.29) is 16.4 Å². The Morgan fingerprint density at radius 1 is 0.695 bits per heavy atom. The van der Waals surface area contributed by atoms with Crippen LogP contribution >= 0.6 is 0 Å². The highest BCUT2D eigenvalue weighted by Crippen LogP contribution is 2.47. The molecule has 0 N–H and O–H groups in total. The fourth-order valence-corrected chi connectivity index (χ4v) is 10.8. The van der Waals surface area contributed by atoms with Gasteiger partial charge in [-0.25, -0.2) is 0 Å². The summed E-state index contributed by atoms with van der Waals surface area (Å²) in [5, 5.41) is 0. The number of ether oxygens (including phenoxy) is 2. The molecule has 0 amide bonds. The fraction of sp³-hybridized carbons (Fsp3) is 0.673. The molecule has 1 spiro atoms. The average molecular weight is 805 g/mol. The Morgan fingerprint density at radius 3 is 1.86 bits per heavy atom. The second kappa shape index (κ2) is 15.1. The van der Waals surface area contributed by atoms with Crippen molar-refractivity contribution >= 4 is 24.3 Å². The number of guanidine groups is 2. The van der Waals surface area contributed by atoms with Crippen LogP contribution in [0.25, 0.3) is 0 Å². The first-order chi connectivity index (χ1) is 28.1. The lowest BCUT2D eigenvalue weighted by atomic mass is 9.79. The fourth-order valence-electron chi connectivity index (χ4n) is 10.8. The molecule has 0 radical (unpaired) electrons. The zero-order valence-electron chi connectivity index (χ0n) is 37.9. The normalized spacial score (nSPS) is 23.4. The summed E-state index contributed by atoms with van der Waals surface area (Å²) in [6, 6.07) is 8.50. The summed E-state index contributed by atoms with van der Waals surface area (Å²) >= 11 is 0. The van der Waals surface area contributed by atoms with Crippen LogP contribution in [0.2, 0.25) is 0 Å². The topological polar surface area (TPSA) is 62.2 Å². The van der Waals surface area contributed by atoms with E-state index in [1.807, 2.05) is 0 Å². The summed E-state index contributed by atoms with van der Waals surface area (Å²) in [6.45, 7) is 32.4. The highest BCUT2D eigenvalue weighted by atomic mass is 16.7. The van der Waals surface area contributed by atoms with Gasteiger partial charge in [0.1, 0.15) is 0 Å². The minimum absolute atomic E-state index is 0.0170. The number of rotatable bonds is 9. The summed E-state index contributed by atoms with van der Waals surface area (Å²) in [6.07, 6.45) is 14.1. The number of fused-ring (bicyclic) bond motifs is 4. The van der Waals surface area contributed by atoms with Crippen LogP contribution in [0.1, 0.15) is 146 Å². The lowest BCUT2D eigenvalue weighted by Crippen LogP contribution is -2.61. The average Bonchev–Trinajstić information content (AvgIpc) is 3.42. The maximum Gasteiger partial charge on any atom is 0.704 e. The monoisotopic (exact) mass is 805 g/mol. The molecule has 3 saturated heterocycles. The molecule has 1 atom stereocenters. The molecule has 3 fully saturated rings. The Labute approximate surface area is 354 Å². The van der Waals surface area contributed by atoms with Gasteiger partial charge in [0.05, 0.1) is 11.1 Å². The smallest absolute Gasteiger partial charge is 0.343 e. The van der Waals surface area contributed by atoms with Crippen LogP contribution in [0.15, 0.2) is 34.3 Å². The molecule has 9 rings (SSSR count). The number of hydrogen-bond acceptors (Lipinski definition) is 8. The molecule has 0 aromatic heterocycles. The molecular weight excluding hydrogens is 733 g/mol. The number of aryl methyl sites for hydroxylation is 1. The molecule has 7 heterocycles. The van der Waals surface area contributed by atoms with Crippen LogP contribution < -0.4 is 9.47 Å². The van der Waals surface area contributed by atoms with Gasteiger partial charge in [0.2, 0.25) is 12.1 Å². The largest absolute Gasteiger partial charge is 0.704 e. The summed E-state index contributed by atoms with van der Waals surface area (Å²) in [5.41, 5.74) is 7.13. The van der Waals surface area contributed by atoms with Crippen molar-refractivity contribution in [1.29, 1.82) is 0 Å². The van der Waals surface area contributed by atoms with Gasteiger partial charge in [0, 0.05) is 84.9 Å². The van der Waals surface area contributed by atoms with Crippen molar-refractivity contribution in [2.45, 2.75) is 142 Å². The van der Waals surface area contributed by atoms with Crippen LogP contribution in [-0.4, -0.2) is 137 Å². The molecule has 0 saturated carbocycles. The molecule has 0 bridgehead atoms. The molecule has 1 unspecified atom stereocenters. The lowest BCUT2D eigenvalue weighted by molar-refractivity contribution is -0.867. The number of benzene rings is 2. The predicted octanol–water partition coefficient (Wildman–Crippen LogP) is 7.52. The Hall–Kier alpha value is -4.08. The van der Waals surface area contributed by atoms with Crippen LogP contribution in [0, 0.1) is 6.92 Å². The van der Waals surface area contributed by atoms with Crippen molar-refractivity contribution in [3.8, 4) is 11.5 Å². The van der Waals surface area contributed by atoms with E-state index in [1.54, 1.807) is 0 Å². The maximum absolute atomic E-state index is 7.33. The van der Waals surface area contributed by atoms with Gasteiger partial charge in [-0.05, 0) is 104 Å². The van der Waals surface area contributed by atoms with Gasteiger partial charge in [-0.15, -0.1) is 0 Å². The van der Waals surface area contributed by atoms with E-state index < -0.39 is 6.03 Å². The molecule has 318 valence electrons. The lowest BCUT2D eigenvalue weighted by Gasteiger charge is -2.41. The van der Waals surface area contributed by atoms with E-state index in [0.29, 0.717) is 5.92 Å². The van der Waals surface area contributed by atoms with Crippen molar-refractivity contribution in [3.63, 3.8) is 0 Å². The van der Waals surface area contributed by atoms with Crippen LogP contribution in [0.5, 0.6) is 11.5 Å². The van der Waals surface area contributed by atoms with Crippen molar-refractivity contribution in [2.75, 3.05) is 72.0 Å². The van der Waals surface area contributed by atoms with Gasteiger partial charge in [0.25, 0.3) is 0 Å². The van der Waals surface area contributed by atoms with E-state index in [2.05, 4.69) is 128 Å². The molecule has 7 aliphatic heterocycles. The van der Waals surface area contributed by atoms with Crippen LogP contribution in [0.4, 0.5) is 0 Å². The van der Waals surface area contributed by atoms with Gasteiger partial charge in [-0.1, -0.05) is 62.8 Å². The number of nitrogens with zero attached hydrogens (tertiary/aromatic N) is 8. The van der Waals surface area contributed by atoms with Gasteiger partial charge >= 0.3 is 6.03 Å². The number of aliphatic imine (C=N–C) groups is 2. The van der Waals surface area contributed by atoms with Crippen molar-refractivity contribution < 1.29 is 18.6 Å². The summed E-state index contributed by atoms with van der Waals surface area (Å²) in [4.78, 5) is 20.2. The molecule has 0 aliphatic carbocycles. The first-order valence-electron chi connectivity index (χ1n) is 23.2. The van der Waals surface area contributed by atoms with Gasteiger partial charge in [-0.2, -0.15) is 0 Å². The van der Waals surface area contributed by atoms with E-state index in [1.165, 1.54) is 59.9 Å². The minimum Gasteiger partial charge on any atom is -0.343 e. The predicted molar refractivity (Wildman–Crippen MR) is 239 cm³/mol. The van der Waals surface area contributed by atoms with Crippen LogP contribution in [0.3, 0.4) is 0 Å². The van der Waals surface area contributed by atoms with Crippen LogP contribution in [-0.2, 0) is 10.8 Å². The van der Waals surface area contributed by atoms with E-state index in [4.69, 9.17) is 19.5 Å². The zero-order chi connectivity index (χ0) is 41.3. The Bertz CT molecular complexity index is 2040. The maximum atomic E-state index is 7.33. The standard InChI is InChI=1S/C49H72N8O2/c1-35-28-37(36(16-10-20-52-24-14-26-54-22-12-18-50-44(52)54)17-11-21-53-25-15-27-55-23-13-19-51-45(53)55)29-38-32-56-34-48(8,9)57-33-39-30-40(46(2,3)4)31-41(47(5,6)7)43(39)59-49(56,57)58-42(35)38/h28-33,36H,10-27,34H2,1-9H3/q+2. The molecule has 59 heavy (non-hydrogen) atoms. The second-order valence-corrected chi connectivity index (χ2v) is 21.2. The first kappa shape index (κ1) is 40.3. The molecular formula is C49H72N8O2+2. The van der Waals surface area contributed by atoms with Gasteiger partial charge < -0.3 is 29.1 Å². The Kier molecular flexibility index (Phi) is 10.3. The Balaban J connectivity index is 1.02. The minimum atomic E-state index is -1.09. The highest BCUT2D eigenvalue weighted by molar-refractivity contribution is 5.85. The van der Waals surface area contributed by atoms with Crippen molar-refractivity contribution in [1.82, 2.24) is 19.6 Å². The molecule has 2 aromatic rings. The Morgan fingerprint density at radius 2 is 1.27 bits per heavy atom. The van der Waals surface area contributed by atoms with E-state index >= 15 is 0 Å². The third kappa shape index (κ3) is 7.53. The molecule has 10 heteroatoms. The SMILES string of the molecule is Cc1cc(C(CCCN2CCCN3CCCN=C32)CCCN2CCCN3CCCN=C32)cc2c1OC13Oc4c(cc(C(C)(C)C)cc4C(C)(C)C)C=[N+]1C(C)(C)C[N+]3=C2. The van der Waals surface area contributed by atoms with E-state index in [9.17, 15) is 0 Å². The summed E-state index contributed by atoms with van der Waals surface area (Å²) < 4.78 is 19.3. The second-order valence-electron chi connectivity index (χ2n) is 21.2. The van der Waals surface area contributed by atoms with Gasteiger partial charge in [0.15, 0.2) is 35.8 Å². The molecule has 10 nitrogen and oxygen atoms in total. The quantitative estimate of drug-likeness (QED) is 0.245. The van der Waals surface area contributed by atoms with Gasteiger partial charge in [-0.3, -0.25) is 9.98 Å². The summed E-state index contributed by atoms with van der Waals surface area (Å²) in [7, 11) is 0. The summed E-state index contributed by atoms with van der Waals surface area (Å²) in [5.74, 6) is 4.82. The first-order valence-corrected chi connectivity index (χ1v) is 23.2. The molecule has 7 aliphatic rings. The molecule has 2 aromatic carbocycles. The zero-order valence-corrected chi connectivity index (χ0v) is 37.9. The van der Waals surface area contributed by atoms with Crippen molar-refractivity contribution in [3.05, 3.63) is 57.6 Å². The van der Waals surface area contributed by atoms with E-state index in [0.717, 1.165) is 120 Å². The van der Waals surface area contributed by atoms with Crippen molar-refractivity contribution in [2.24, 2.45) is 9.98 Å². The highest BCUT2D eigenvalue weighted by Gasteiger charge is 2.75. The number of hydrogen-bond donors (Lipinski definition) is 0. The third-order valence-corrected chi connectivity index (χ3v) is 14.0.